The predicted octanol–water partition coefficient (Wildman–Crippen LogP) is 3.59. The third-order valence-corrected chi connectivity index (χ3v) is 8.32. The molecule has 2 aromatic rings. The third kappa shape index (κ3) is 3.93. The van der Waals surface area contributed by atoms with Gasteiger partial charge in [-0.05, 0) is 61.1 Å². The molecular weight excluding hydrogens is 408 g/mol. The van der Waals surface area contributed by atoms with Crippen LogP contribution >= 0.6 is 11.6 Å². The van der Waals surface area contributed by atoms with E-state index in [0.717, 1.165) is 23.1 Å². The lowest BCUT2D eigenvalue weighted by Gasteiger charge is -2.34. The topological polar surface area (TPSA) is 57.7 Å². The Morgan fingerprint density at radius 2 is 1.69 bits per heavy atom. The second kappa shape index (κ2) is 7.74. The zero-order chi connectivity index (χ0) is 20.8. The number of amides is 1. The first-order valence-electron chi connectivity index (χ1n) is 9.89. The number of sulfonamides is 1. The molecule has 2 fully saturated rings. The van der Waals surface area contributed by atoms with Crippen LogP contribution in [0.1, 0.15) is 29.0 Å². The van der Waals surface area contributed by atoms with E-state index in [0.29, 0.717) is 36.1 Å². The Balaban J connectivity index is 1.39. The van der Waals surface area contributed by atoms with Crippen LogP contribution in [-0.2, 0) is 14.8 Å². The zero-order valence-electron chi connectivity index (χ0n) is 16.6. The molecule has 154 valence electrons. The Kier molecular flexibility index (Phi) is 5.44. The van der Waals surface area contributed by atoms with Gasteiger partial charge in [0.2, 0.25) is 15.9 Å². The van der Waals surface area contributed by atoms with Crippen LogP contribution in [0.4, 0.5) is 0 Å². The molecular formula is C22H25ClN2O3S. The number of halogens is 1. The predicted molar refractivity (Wildman–Crippen MR) is 114 cm³/mol. The molecule has 0 N–H and O–H groups in total. The van der Waals surface area contributed by atoms with Crippen molar-refractivity contribution in [3.8, 4) is 0 Å². The van der Waals surface area contributed by atoms with Crippen LogP contribution in [-0.4, -0.2) is 49.7 Å². The Morgan fingerprint density at radius 1 is 1.00 bits per heavy atom. The van der Waals surface area contributed by atoms with E-state index >= 15 is 0 Å². The molecule has 1 saturated carbocycles. The number of carbonyl (C=O) groups is 1. The van der Waals surface area contributed by atoms with Gasteiger partial charge in [-0.1, -0.05) is 35.9 Å². The fourth-order valence-electron chi connectivity index (χ4n) is 3.99. The van der Waals surface area contributed by atoms with E-state index in [1.807, 2.05) is 44.2 Å². The fourth-order valence-corrected chi connectivity index (χ4v) is 5.78. The minimum Gasteiger partial charge on any atom is -0.340 e. The van der Waals surface area contributed by atoms with Gasteiger partial charge in [-0.3, -0.25) is 4.79 Å². The number of hydrogen-bond acceptors (Lipinski definition) is 3. The highest BCUT2D eigenvalue weighted by molar-refractivity contribution is 7.89. The molecule has 1 saturated heterocycles. The molecule has 1 heterocycles. The van der Waals surface area contributed by atoms with E-state index in [1.165, 1.54) is 4.31 Å². The third-order valence-electron chi connectivity index (χ3n) is 6.08. The number of piperazine rings is 1. The first-order valence-corrected chi connectivity index (χ1v) is 11.7. The summed E-state index contributed by atoms with van der Waals surface area (Å²) < 4.78 is 27.4. The van der Waals surface area contributed by atoms with Crippen LogP contribution in [0.2, 0.25) is 5.02 Å². The Hall–Kier alpha value is -1.89. The molecule has 0 aromatic heterocycles. The van der Waals surface area contributed by atoms with Crippen molar-refractivity contribution >= 4 is 27.5 Å². The highest BCUT2D eigenvalue weighted by Gasteiger charge is 2.47. The SMILES string of the molecule is Cc1ccc(S(=O)(=O)N2CCN(C(=O)[C@@H]3C[C@@H]3c3ccccc3Cl)CC2)cc1C. The van der Waals surface area contributed by atoms with Gasteiger partial charge >= 0.3 is 0 Å². The van der Waals surface area contributed by atoms with Crippen molar-refractivity contribution in [2.24, 2.45) is 5.92 Å². The molecule has 0 spiro atoms. The smallest absolute Gasteiger partial charge is 0.243 e. The highest BCUT2D eigenvalue weighted by Crippen LogP contribution is 2.50. The van der Waals surface area contributed by atoms with Crippen molar-refractivity contribution in [2.45, 2.75) is 31.1 Å². The van der Waals surface area contributed by atoms with Crippen molar-refractivity contribution < 1.29 is 13.2 Å². The molecule has 0 bridgehead atoms. The Bertz CT molecular complexity index is 1050. The van der Waals surface area contributed by atoms with E-state index in [1.54, 1.807) is 17.0 Å². The summed E-state index contributed by atoms with van der Waals surface area (Å²) in [6, 6.07) is 12.9. The number of nitrogens with zero attached hydrogens (tertiary/aromatic N) is 2. The lowest BCUT2D eigenvalue weighted by atomic mass is 10.1. The summed E-state index contributed by atoms with van der Waals surface area (Å²) in [5.74, 6) is 0.240. The highest BCUT2D eigenvalue weighted by atomic mass is 35.5. The molecule has 1 aliphatic carbocycles. The molecule has 2 atom stereocenters. The molecule has 5 nitrogen and oxygen atoms in total. The second-order valence-corrected chi connectivity index (χ2v) is 10.3. The summed E-state index contributed by atoms with van der Waals surface area (Å²) in [6.45, 7) is 5.37. The Morgan fingerprint density at radius 3 is 2.34 bits per heavy atom. The van der Waals surface area contributed by atoms with Gasteiger partial charge in [0.15, 0.2) is 0 Å². The van der Waals surface area contributed by atoms with Crippen LogP contribution in [0.3, 0.4) is 0 Å². The van der Waals surface area contributed by atoms with Crippen molar-refractivity contribution in [1.29, 1.82) is 0 Å². The van der Waals surface area contributed by atoms with Crippen LogP contribution in [0, 0.1) is 19.8 Å². The van der Waals surface area contributed by atoms with Gasteiger partial charge in [0.25, 0.3) is 0 Å². The summed E-state index contributed by atoms with van der Waals surface area (Å²) in [7, 11) is -3.54. The largest absolute Gasteiger partial charge is 0.340 e. The maximum absolute atomic E-state index is 13.0. The van der Waals surface area contributed by atoms with Gasteiger partial charge in [0, 0.05) is 37.1 Å². The first-order chi connectivity index (χ1) is 13.8. The molecule has 0 unspecified atom stereocenters. The number of carbonyl (C=O) groups excluding carboxylic acids is 1. The first kappa shape index (κ1) is 20.4. The van der Waals surface area contributed by atoms with Gasteiger partial charge in [-0.2, -0.15) is 4.31 Å². The van der Waals surface area contributed by atoms with Crippen molar-refractivity contribution in [3.05, 3.63) is 64.2 Å². The molecule has 4 rings (SSSR count). The number of benzene rings is 2. The lowest BCUT2D eigenvalue weighted by Crippen LogP contribution is -2.51. The van der Waals surface area contributed by atoms with Gasteiger partial charge in [-0.15, -0.1) is 0 Å². The number of rotatable bonds is 4. The van der Waals surface area contributed by atoms with Crippen LogP contribution in [0.15, 0.2) is 47.4 Å². The van der Waals surface area contributed by atoms with E-state index in [4.69, 9.17) is 11.6 Å². The quantitative estimate of drug-likeness (QED) is 0.741. The normalized spacial score (nSPS) is 22.5. The van der Waals surface area contributed by atoms with Gasteiger partial charge in [-0.25, -0.2) is 8.42 Å². The number of hydrogen-bond donors (Lipinski definition) is 0. The summed E-state index contributed by atoms with van der Waals surface area (Å²) >= 11 is 6.27. The number of aryl methyl sites for hydroxylation is 2. The lowest BCUT2D eigenvalue weighted by molar-refractivity contribution is -0.133. The fraction of sp³-hybridized carbons (Fsp3) is 0.409. The minimum absolute atomic E-state index is 0.0437. The summed E-state index contributed by atoms with van der Waals surface area (Å²) in [5.41, 5.74) is 3.06. The molecule has 2 aliphatic rings. The molecule has 29 heavy (non-hydrogen) atoms. The van der Waals surface area contributed by atoms with E-state index in [9.17, 15) is 13.2 Å². The average Bonchev–Trinajstić information content (AvgIpc) is 3.50. The van der Waals surface area contributed by atoms with Crippen LogP contribution in [0.25, 0.3) is 0 Å². The van der Waals surface area contributed by atoms with Crippen LogP contribution in [0.5, 0.6) is 0 Å². The van der Waals surface area contributed by atoms with E-state index < -0.39 is 10.0 Å². The zero-order valence-corrected chi connectivity index (χ0v) is 18.2. The molecule has 1 aliphatic heterocycles. The monoisotopic (exact) mass is 432 g/mol. The van der Waals surface area contributed by atoms with Crippen molar-refractivity contribution in [1.82, 2.24) is 9.21 Å². The molecule has 0 radical (unpaired) electrons. The van der Waals surface area contributed by atoms with Gasteiger partial charge < -0.3 is 4.90 Å². The molecule has 1 amide bonds. The van der Waals surface area contributed by atoms with Crippen LogP contribution < -0.4 is 0 Å². The second-order valence-electron chi connectivity index (χ2n) is 7.95. The molecule has 2 aromatic carbocycles. The minimum atomic E-state index is -3.54. The maximum atomic E-state index is 13.0. The Labute approximate surface area is 177 Å². The summed E-state index contributed by atoms with van der Waals surface area (Å²) in [6.07, 6.45) is 0.809. The summed E-state index contributed by atoms with van der Waals surface area (Å²) in [4.78, 5) is 15.0. The van der Waals surface area contributed by atoms with Gasteiger partial charge in [0.05, 0.1) is 4.90 Å². The average molecular weight is 433 g/mol. The van der Waals surface area contributed by atoms with E-state index in [-0.39, 0.29) is 17.7 Å². The summed E-state index contributed by atoms with van der Waals surface area (Å²) in [5, 5.41) is 0.706. The van der Waals surface area contributed by atoms with Crippen molar-refractivity contribution in [2.75, 3.05) is 26.2 Å². The molecule has 7 heteroatoms. The van der Waals surface area contributed by atoms with Gasteiger partial charge in [0.1, 0.15) is 0 Å². The van der Waals surface area contributed by atoms with E-state index in [2.05, 4.69) is 0 Å². The van der Waals surface area contributed by atoms with Crippen molar-refractivity contribution in [3.63, 3.8) is 0 Å². The standard InChI is InChI=1S/C22H25ClN2O3S/c1-15-7-8-17(13-16(15)2)29(27,28)25-11-9-24(10-12-25)22(26)20-14-19(20)18-5-3-4-6-21(18)23/h3-8,13,19-20H,9-12,14H2,1-2H3/t19-,20-/m1/s1. The maximum Gasteiger partial charge on any atom is 0.243 e.